The smallest absolute Gasteiger partial charge is 0.121 e. The molecule has 12 aromatic rings. The van der Waals surface area contributed by atoms with Crippen LogP contribution in [0.3, 0.4) is 0 Å². The van der Waals surface area contributed by atoms with Gasteiger partial charge in [-0.3, -0.25) is 4.98 Å². The minimum atomic E-state index is -0.0178. The number of hydrogen-bond donors (Lipinski definition) is 0. The summed E-state index contributed by atoms with van der Waals surface area (Å²) >= 11 is 0. The standard InChI is InChI=1S/C53H45N2O.C15H16N.Ir/c1-31(2)42-27-37(33-14-9-8-10-15-33)28-43(32(3)4)49(42)55-50-45-29-38(53(5,6)7)24-22-35(45)23-25-47(50)54-52(55)41-19-13-18-40-46-26-36-21-20-34-16-11-12-17-39(34)44(36)30-48(46)56-51(40)41;1-15(2,3)13-9-10-16-14(11-13)12-7-5-4-6-8-12;/h8-18,20-32H,1-7H3;4-7,9-11H,1-3H3;/q2*-1;. The molecule has 0 atom stereocenters. The van der Waals surface area contributed by atoms with Crippen LogP contribution >= 0.6 is 0 Å². The summed E-state index contributed by atoms with van der Waals surface area (Å²) < 4.78 is 9.45. The summed E-state index contributed by atoms with van der Waals surface area (Å²) in [6, 6.07) is 67.7. The van der Waals surface area contributed by atoms with E-state index in [9.17, 15) is 0 Å². The number of rotatable bonds is 6. The molecule has 365 valence electrons. The number of fused-ring (bicyclic) bond motifs is 9. The molecule has 0 N–H and O–H groups in total. The zero-order valence-electron chi connectivity index (χ0n) is 43.5. The average molecular weight is 1130 g/mol. The molecule has 0 fully saturated rings. The number of nitrogens with zero attached hydrogens (tertiary/aromatic N) is 3. The van der Waals surface area contributed by atoms with Crippen molar-refractivity contribution < 1.29 is 24.5 Å². The van der Waals surface area contributed by atoms with Crippen molar-refractivity contribution in [3.8, 4) is 39.5 Å². The van der Waals surface area contributed by atoms with Crippen LogP contribution in [0.4, 0.5) is 0 Å². The molecule has 0 spiro atoms. The fourth-order valence-electron chi connectivity index (χ4n) is 10.4. The van der Waals surface area contributed by atoms with E-state index >= 15 is 0 Å². The van der Waals surface area contributed by atoms with Crippen molar-refractivity contribution in [1.29, 1.82) is 0 Å². The zero-order valence-corrected chi connectivity index (χ0v) is 45.9. The van der Waals surface area contributed by atoms with Gasteiger partial charge in [0.25, 0.3) is 0 Å². The van der Waals surface area contributed by atoms with Crippen LogP contribution in [0.2, 0.25) is 0 Å². The summed E-state index contributed by atoms with van der Waals surface area (Å²) in [5, 5.41) is 9.39. The van der Waals surface area contributed by atoms with Gasteiger partial charge in [0.15, 0.2) is 0 Å². The van der Waals surface area contributed by atoms with E-state index in [-0.39, 0.29) is 42.8 Å². The summed E-state index contributed by atoms with van der Waals surface area (Å²) in [5.41, 5.74) is 15.6. The first-order valence-electron chi connectivity index (χ1n) is 25.4. The zero-order chi connectivity index (χ0) is 50.1. The van der Waals surface area contributed by atoms with Crippen LogP contribution in [0, 0.1) is 12.1 Å². The molecule has 0 saturated heterocycles. The fourth-order valence-corrected chi connectivity index (χ4v) is 10.4. The Morgan fingerprint density at radius 1 is 0.521 bits per heavy atom. The molecule has 0 aliphatic carbocycles. The molecule has 0 unspecified atom stereocenters. The summed E-state index contributed by atoms with van der Waals surface area (Å²) in [5.74, 6) is 1.32. The predicted octanol–water partition coefficient (Wildman–Crippen LogP) is 18.9. The first-order chi connectivity index (χ1) is 34.6. The third-order valence-electron chi connectivity index (χ3n) is 14.4. The number of hydrogen-bond acceptors (Lipinski definition) is 3. The summed E-state index contributed by atoms with van der Waals surface area (Å²) in [4.78, 5) is 9.96. The second kappa shape index (κ2) is 19.4. The van der Waals surface area contributed by atoms with Crippen LogP contribution in [0.25, 0.3) is 105 Å². The van der Waals surface area contributed by atoms with Crippen molar-refractivity contribution in [3.63, 3.8) is 0 Å². The Labute approximate surface area is 443 Å². The Hall–Kier alpha value is -7.17. The summed E-state index contributed by atoms with van der Waals surface area (Å²) in [6.45, 7) is 22.7. The molecule has 12 rings (SSSR count). The molecule has 0 aliphatic heterocycles. The largest absolute Gasteiger partial charge is 0.501 e. The molecule has 4 nitrogen and oxygen atoms in total. The Morgan fingerprint density at radius 2 is 1.18 bits per heavy atom. The molecule has 1 radical (unpaired) electrons. The van der Waals surface area contributed by atoms with Crippen LogP contribution in [0.1, 0.15) is 103 Å². The molecule has 0 saturated carbocycles. The van der Waals surface area contributed by atoms with Gasteiger partial charge in [-0.25, -0.2) is 0 Å². The molecule has 0 aliphatic rings. The number of furan rings is 1. The van der Waals surface area contributed by atoms with Crippen molar-refractivity contribution in [3.05, 3.63) is 210 Å². The molecule has 73 heavy (non-hydrogen) atoms. The maximum absolute atomic E-state index is 6.98. The van der Waals surface area contributed by atoms with Crippen LogP contribution in [-0.2, 0) is 30.9 Å². The average Bonchev–Trinajstić information content (AvgIpc) is 3.96. The molecule has 3 heterocycles. The van der Waals surface area contributed by atoms with Crippen LogP contribution in [0.5, 0.6) is 0 Å². The van der Waals surface area contributed by atoms with E-state index in [1.807, 2.05) is 36.5 Å². The fraction of sp³-hybridized carbons (Fsp3) is 0.206. The van der Waals surface area contributed by atoms with Gasteiger partial charge in [0, 0.05) is 42.8 Å². The van der Waals surface area contributed by atoms with Crippen molar-refractivity contribution >= 4 is 65.3 Å². The van der Waals surface area contributed by atoms with E-state index in [0.717, 1.165) is 55.6 Å². The molecular weight excluding hydrogens is 1070 g/mol. The second-order valence-corrected chi connectivity index (χ2v) is 22.1. The minimum absolute atomic E-state index is 0. The SMILES string of the molecule is CC(C)(C)c1ccnc(-c2[c-]cccc2)c1.CC(C)c1cc(-c2ccccc2)cc(C(C)C)c1-n1c(-c2[c-]ccc3c2oc2cc4c(ccc5ccccc54)cc23)nc2ccc3ccc(C(C)(C)C)cc3c21.[Ir]. The number of pyridine rings is 1. The minimum Gasteiger partial charge on any atom is -0.501 e. The molecule has 9 aromatic carbocycles. The monoisotopic (exact) mass is 1130 g/mol. The number of benzene rings is 9. The maximum Gasteiger partial charge on any atom is 0.121 e. The van der Waals surface area contributed by atoms with Crippen molar-refractivity contribution in [1.82, 2.24) is 14.5 Å². The van der Waals surface area contributed by atoms with E-state index in [0.29, 0.717) is 0 Å². The maximum atomic E-state index is 6.98. The van der Waals surface area contributed by atoms with E-state index in [2.05, 4.69) is 230 Å². The van der Waals surface area contributed by atoms with Gasteiger partial charge >= 0.3 is 0 Å². The Kier molecular flexibility index (Phi) is 13.1. The summed E-state index contributed by atoms with van der Waals surface area (Å²) in [6.07, 6.45) is 1.87. The van der Waals surface area contributed by atoms with E-state index < -0.39 is 0 Å². The van der Waals surface area contributed by atoms with Gasteiger partial charge in [-0.1, -0.05) is 171 Å². The molecule has 0 amide bonds. The molecule has 3 aromatic heterocycles. The number of aromatic nitrogens is 3. The third-order valence-corrected chi connectivity index (χ3v) is 14.4. The molecule has 5 heteroatoms. The predicted molar refractivity (Wildman–Crippen MR) is 305 cm³/mol. The van der Waals surface area contributed by atoms with Crippen molar-refractivity contribution in [2.45, 2.75) is 91.9 Å². The van der Waals surface area contributed by atoms with E-state index in [1.54, 1.807) is 0 Å². The Morgan fingerprint density at radius 3 is 1.89 bits per heavy atom. The van der Waals surface area contributed by atoms with Gasteiger partial charge in [-0.15, -0.1) is 54.1 Å². The van der Waals surface area contributed by atoms with E-state index in [1.165, 1.54) is 71.4 Å². The van der Waals surface area contributed by atoms with Crippen LogP contribution < -0.4 is 0 Å². The van der Waals surface area contributed by atoms with Gasteiger partial charge in [0.1, 0.15) is 5.58 Å². The normalized spacial score (nSPS) is 12.1. The molecule has 0 bridgehead atoms. The van der Waals surface area contributed by atoms with Gasteiger partial charge in [-0.05, 0) is 131 Å². The molecular formula is C68H61IrN3O-2. The first-order valence-corrected chi connectivity index (χ1v) is 25.4. The summed E-state index contributed by atoms with van der Waals surface area (Å²) in [7, 11) is 0. The van der Waals surface area contributed by atoms with E-state index in [4.69, 9.17) is 9.40 Å². The topological polar surface area (TPSA) is 43.9 Å². The van der Waals surface area contributed by atoms with Gasteiger partial charge in [0.2, 0.25) is 0 Å². The second-order valence-electron chi connectivity index (χ2n) is 22.1. The quantitative estimate of drug-likeness (QED) is 0.123. The first kappa shape index (κ1) is 49.4. The number of imidazole rings is 1. The Bertz CT molecular complexity index is 3970. The van der Waals surface area contributed by atoms with Gasteiger partial charge in [-0.2, -0.15) is 0 Å². The van der Waals surface area contributed by atoms with Crippen molar-refractivity contribution in [2.24, 2.45) is 0 Å². The van der Waals surface area contributed by atoms with Gasteiger partial charge < -0.3 is 14.0 Å². The van der Waals surface area contributed by atoms with Gasteiger partial charge in [0.05, 0.1) is 22.4 Å². The van der Waals surface area contributed by atoms with Crippen LogP contribution in [0.15, 0.2) is 180 Å². The van der Waals surface area contributed by atoms with Crippen molar-refractivity contribution in [2.75, 3.05) is 0 Å². The third kappa shape index (κ3) is 9.20. The van der Waals surface area contributed by atoms with Crippen LogP contribution in [-0.4, -0.2) is 14.5 Å². The Balaban J connectivity index is 0.000000307.